The normalized spacial score (nSPS) is 12.0. The van der Waals surface area contributed by atoms with Crippen LogP contribution < -0.4 is 5.32 Å². The van der Waals surface area contributed by atoms with Crippen molar-refractivity contribution in [3.05, 3.63) is 40.7 Å². The van der Waals surface area contributed by atoms with Gasteiger partial charge in [0, 0.05) is 5.56 Å². The highest BCUT2D eigenvalue weighted by Gasteiger charge is 2.20. The Morgan fingerprint density at radius 2 is 1.95 bits per heavy atom. The van der Waals surface area contributed by atoms with Crippen molar-refractivity contribution in [2.45, 2.75) is 19.9 Å². The SMILES string of the molecule is Cc1nc(-c2ccc(F)cc2)sc1C(=O)NC(C)C(=O)O. The van der Waals surface area contributed by atoms with Crippen molar-refractivity contribution in [1.82, 2.24) is 10.3 Å². The monoisotopic (exact) mass is 308 g/mol. The van der Waals surface area contributed by atoms with Gasteiger partial charge in [0.05, 0.1) is 5.69 Å². The van der Waals surface area contributed by atoms with Crippen molar-refractivity contribution >= 4 is 23.2 Å². The molecule has 0 radical (unpaired) electrons. The molecule has 1 amide bonds. The van der Waals surface area contributed by atoms with Crippen molar-refractivity contribution in [3.63, 3.8) is 0 Å². The van der Waals surface area contributed by atoms with Crippen LogP contribution in [0.1, 0.15) is 22.3 Å². The number of carboxylic acid groups (broad SMARTS) is 1. The van der Waals surface area contributed by atoms with E-state index in [-0.39, 0.29) is 5.82 Å². The summed E-state index contributed by atoms with van der Waals surface area (Å²) in [6, 6.07) is 4.81. The lowest BCUT2D eigenvalue weighted by molar-refractivity contribution is -0.138. The first-order valence-corrected chi connectivity index (χ1v) is 6.97. The number of aliphatic carboxylic acids is 1. The average molecular weight is 308 g/mol. The summed E-state index contributed by atoms with van der Waals surface area (Å²) in [7, 11) is 0. The zero-order chi connectivity index (χ0) is 15.6. The van der Waals surface area contributed by atoms with Crippen LogP contribution >= 0.6 is 11.3 Å². The highest BCUT2D eigenvalue weighted by atomic mass is 32.1. The van der Waals surface area contributed by atoms with Gasteiger partial charge in [0.15, 0.2) is 0 Å². The molecule has 0 saturated heterocycles. The van der Waals surface area contributed by atoms with Gasteiger partial charge in [0.25, 0.3) is 5.91 Å². The van der Waals surface area contributed by atoms with Crippen LogP contribution in [0.4, 0.5) is 4.39 Å². The van der Waals surface area contributed by atoms with E-state index in [0.717, 1.165) is 11.3 Å². The number of benzene rings is 1. The number of aryl methyl sites for hydroxylation is 1. The Hall–Kier alpha value is -2.28. The highest BCUT2D eigenvalue weighted by Crippen LogP contribution is 2.28. The van der Waals surface area contributed by atoms with Gasteiger partial charge < -0.3 is 10.4 Å². The third kappa shape index (κ3) is 3.43. The van der Waals surface area contributed by atoms with Gasteiger partial charge in [-0.25, -0.2) is 9.37 Å². The molecule has 1 aromatic heterocycles. The third-order valence-corrected chi connectivity index (χ3v) is 4.02. The molecule has 0 bridgehead atoms. The standard InChI is InChI=1S/C14H13FN2O3S/c1-7-11(12(18)16-8(2)14(19)20)21-13(17-7)9-3-5-10(15)6-4-9/h3-6,8H,1-2H3,(H,16,18)(H,19,20). The smallest absolute Gasteiger partial charge is 0.325 e. The van der Waals surface area contributed by atoms with E-state index in [4.69, 9.17) is 5.11 Å². The minimum atomic E-state index is -1.11. The van der Waals surface area contributed by atoms with Gasteiger partial charge in [-0.15, -0.1) is 11.3 Å². The van der Waals surface area contributed by atoms with Crippen molar-refractivity contribution in [1.29, 1.82) is 0 Å². The Bertz CT molecular complexity index is 682. The molecule has 1 heterocycles. The Morgan fingerprint density at radius 3 is 2.52 bits per heavy atom. The Kier molecular flexibility index (Phi) is 4.32. The maximum absolute atomic E-state index is 12.9. The van der Waals surface area contributed by atoms with Gasteiger partial charge in [-0.2, -0.15) is 0 Å². The second kappa shape index (κ2) is 6.01. The summed E-state index contributed by atoms with van der Waals surface area (Å²) in [5.41, 5.74) is 1.21. The second-order valence-electron chi connectivity index (χ2n) is 4.47. The van der Waals surface area contributed by atoms with Gasteiger partial charge in [0.2, 0.25) is 0 Å². The van der Waals surface area contributed by atoms with Gasteiger partial charge in [-0.05, 0) is 38.1 Å². The number of hydrogen-bond acceptors (Lipinski definition) is 4. The van der Waals surface area contributed by atoms with E-state index >= 15 is 0 Å². The maximum atomic E-state index is 12.9. The molecule has 5 nitrogen and oxygen atoms in total. The summed E-state index contributed by atoms with van der Waals surface area (Å²) in [6.45, 7) is 3.06. The lowest BCUT2D eigenvalue weighted by atomic mass is 10.2. The molecule has 21 heavy (non-hydrogen) atoms. The molecule has 1 unspecified atom stereocenters. The van der Waals surface area contributed by atoms with Gasteiger partial charge in [-0.1, -0.05) is 0 Å². The van der Waals surface area contributed by atoms with Crippen LogP contribution in [0.15, 0.2) is 24.3 Å². The molecule has 2 aromatic rings. The predicted molar refractivity (Wildman–Crippen MR) is 76.8 cm³/mol. The molecule has 0 aliphatic carbocycles. The number of aromatic nitrogens is 1. The minimum Gasteiger partial charge on any atom is -0.480 e. The number of carbonyl (C=O) groups excluding carboxylic acids is 1. The molecule has 0 aliphatic rings. The van der Waals surface area contributed by atoms with Gasteiger partial charge in [0.1, 0.15) is 21.7 Å². The first-order chi connectivity index (χ1) is 9.88. The number of hydrogen-bond donors (Lipinski definition) is 2. The Balaban J connectivity index is 2.25. The molecule has 2 rings (SSSR count). The van der Waals surface area contributed by atoms with E-state index in [1.54, 1.807) is 19.1 Å². The molecule has 1 atom stereocenters. The van der Waals surface area contributed by atoms with E-state index < -0.39 is 17.9 Å². The largest absolute Gasteiger partial charge is 0.480 e. The molecule has 7 heteroatoms. The van der Waals surface area contributed by atoms with Crippen LogP contribution in [0.5, 0.6) is 0 Å². The van der Waals surface area contributed by atoms with Crippen LogP contribution in [0.3, 0.4) is 0 Å². The summed E-state index contributed by atoms with van der Waals surface area (Å²) >= 11 is 1.14. The fraction of sp³-hybridized carbons (Fsp3) is 0.214. The zero-order valence-corrected chi connectivity index (χ0v) is 12.2. The summed E-state index contributed by atoms with van der Waals surface area (Å²) in [5, 5.41) is 11.8. The molecule has 0 aliphatic heterocycles. The Morgan fingerprint density at radius 1 is 1.33 bits per heavy atom. The fourth-order valence-electron chi connectivity index (χ4n) is 1.65. The molecular weight excluding hydrogens is 295 g/mol. The van der Waals surface area contributed by atoms with Crippen LogP contribution in [0.25, 0.3) is 10.6 Å². The van der Waals surface area contributed by atoms with E-state index in [1.165, 1.54) is 19.1 Å². The van der Waals surface area contributed by atoms with Crippen molar-refractivity contribution in [2.24, 2.45) is 0 Å². The fourth-order valence-corrected chi connectivity index (χ4v) is 2.62. The van der Waals surface area contributed by atoms with E-state index in [1.807, 2.05) is 0 Å². The molecule has 0 fully saturated rings. The van der Waals surface area contributed by atoms with Crippen molar-refractivity contribution in [2.75, 3.05) is 0 Å². The number of halogens is 1. The molecular formula is C14H13FN2O3S. The number of thiazole rings is 1. The first kappa shape index (κ1) is 15.1. The second-order valence-corrected chi connectivity index (χ2v) is 5.47. The van der Waals surface area contributed by atoms with Crippen molar-refractivity contribution < 1.29 is 19.1 Å². The topological polar surface area (TPSA) is 79.3 Å². The summed E-state index contributed by atoms with van der Waals surface area (Å²) in [4.78, 5) is 27.4. The number of carboxylic acids is 1. The molecule has 0 spiro atoms. The van der Waals surface area contributed by atoms with Gasteiger partial charge in [-0.3, -0.25) is 9.59 Å². The zero-order valence-electron chi connectivity index (χ0n) is 11.4. The maximum Gasteiger partial charge on any atom is 0.325 e. The molecule has 110 valence electrons. The summed E-state index contributed by atoms with van der Waals surface area (Å²) < 4.78 is 12.9. The lowest BCUT2D eigenvalue weighted by Crippen LogP contribution is -2.38. The first-order valence-electron chi connectivity index (χ1n) is 6.15. The van der Waals surface area contributed by atoms with Crippen LogP contribution in [-0.4, -0.2) is 28.0 Å². The van der Waals surface area contributed by atoms with E-state index in [9.17, 15) is 14.0 Å². The van der Waals surface area contributed by atoms with Crippen molar-refractivity contribution in [3.8, 4) is 10.6 Å². The molecule has 2 N–H and O–H groups in total. The molecule has 1 aromatic carbocycles. The third-order valence-electron chi connectivity index (χ3n) is 2.81. The van der Waals surface area contributed by atoms with Gasteiger partial charge >= 0.3 is 5.97 Å². The highest BCUT2D eigenvalue weighted by molar-refractivity contribution is 7.17. The Labute approximate surface area is 124 Å². The number of carbonyl (C=O) groups is 2. The lowest BCUT2D eigenvalue weighted by Gasteiger charge is -2.07. The number of nitrogens with one attached hydrogen (secondary N) is 1. The number of amides is 1. The summed E-state index contributed by atoms with van der Waals surface area (Å²) in [6.07, 6.45) is 0. The number of nitrogens with zero attached hydrogens (tertiary/aromatic N) is 1. The van der Waals surface area contributed by atoms with E-state index in [2.05, 4.69) is 10.3 Å². The van der Waals surface area contributed by atoms with Crippen LogP contribution in [-0.2, 0) is 4.79 Å². The minimum absolute atomic E-state index is 0.347. The summed E-state index contributed by atoms with van der Waals surface area (Å²) in [5.74, 6) is -1.93. The predicted octanol–water partition coefficient (Wildman–Crippen LogP) is 2.46. The molecule has 0 saturated carbocycles. The quantitative estimate of drug-likeness (QED) is 0.909. The van der Waals surface area contributed by atoms with Crippen LogP contribution in [0, 0.1) is 12.7 Å². The van der Waals surface area contributed by atoms with E-state index in [0.29, 0.717) is 21.1 Å². The van der Waals surface area contributed by atoms with Crippen LogP contribution in [0.2, 0.25) is 0 Å². The number of rotatable bonds is 4. The average Bonchev–Trinajstić information content (AvgIpc) is 2.81.